The lowest BCUT2D eigenvalue weighted by Crippen LogP contribution is -2.41. The lowest BCUT2D eigenvalue weighted by Gasteiger charge is -2.32. The van der Waals surface area contributed by atoms with Gasteiger partial charge in [0.2, 0.25) is 0 Å². The summed E-state index contributed by atoms with van der Waals surface area (Å²) >= 11 is 12.5. The molecule has 0 N–H and O–H groups in total. The number of rotatable bonds is 3. The molecule has 1 saturated heterocycles. The van der Waals surface area contributed by atoms with Gasteiger partial charge in [0, 0.05) is 10.0 Å². The minimum atomic E-state index is -0.411. The first kappa shape index (κ1) is 20.7. The highest BCUT2D eigenvalue weighted by Gasteiger charge is 2.51. The zero-order valence-electron chi connectivity index (χ0n) is 17.6. The van der Waals surface area contributed by atoms with E-state index in [1.807, 2.05) is 19.1 Å². The summed E-state index contributed by atoms with van der Waals surface area (Å²) in [6.45, 7) is 13.0. The smallest absolute Gasteiger partial charge is 0.399 e. The van der Waals surface area contributed by atoms with Crippen molar-refractivity contribution in [1.29, 1.82) is 0 Å². The van der Waals surface area contributed by atoms with Crippen LogP contribution in [0.5, 0.6) is 0 Å². The normalized spacial score (nSPS) is 18.0. The number of imidazole rings is 1. The van der Waals surface area contributed by atoms with Crippen molar-refractivity contribution in [3.05, 3.63) is 57.3 Å². The minimum absolute atomic E-state index is 0.381. The average molecular weight is 431 g/mol. The fourth-order valence-electron chi connectivity index (χ4n) is 3.67. The molecular formula is C22H25BCl2N2O2. The van der Waals surface area contributed by atoms with E-state index in [1.165, 1.54) is 0 Å². The molecule has 0 amide bonds. The van der Waals surface area contributed by atoms with Gasteiger partial charge in [-0.1, -0.05) is 35.3 Å². The quantitative estimate of drug-likeness (QED) is 0.528. The molecule has 4 nitrogen and oxygen atoms in total. The van der Waals surface area contributed by atoms with Crippen LogP contribution in [0.15, 0.2) is 30.3 Å². The van der Waals surface area contributed by atoms with Crippen molar-refractivity contribution >= 4 is 46.8 Å². The summed E-state index contributed by atoms with van der Waals surface area (Å²) in [5, 5.41) is 1.28. The molecule has 0 spiro atoms. The predicted molar refractivity (Wildman–Crippen MR) is 120 cm³/mol. The second-order valence-corrected chi connectivity index (χ2v) is 9.62. The van der Waals surface area contributed by atoms with Crippen LogP contribution in [-0.4, -0.2) is 27.9 Å². The maximum absolute atomic E-state index is 6.42. The Bertz CT molecular complexity index is 1090. The molecule has 0 bridgehead atoms. The Hall–Kier alpha value is -1.53. The topological polar surface area (TPSA) is 36.3 Å². The van der Waals surface area contributed by atoms with Crippen LogP contribution < -0.4 is 5.46 Å². The van der Waals surface area contributed by atoms with E-state index >= 15 is 0 Å². The highest BCUT2D eigenvalue weighted by molar-refractivity contribution is 6.62. The summed E-state index contributed by atoms with van der Waals surface area (Å²) < 4.78 is 14.7. The van der Waals surface area contributed by atoms with Gasteiger partial charge < -0.3 is 13.9 Å². The molecule has 152 valence electrons. The molecule has 0 radical (unpaired) electrons. The van der Waals surface area contributed by atoms with Gasteiger partial charge in [-0.3, -0.25) is 0 Å². The third-order valence-electron chi connectivity index (χ3n) is 6.13. The summed E-state index contributed by atoms with van der Waals surface area (Å²) in [7, 11) is -0.411. The third-order valence-corrected chi connectivity index (χ3v) is 6.71. The first-order chi connectivity index (χ1) is 13.5. The maximum Gasteiger partial charge on any atom is 0.494 e. The minimum Gasteiger partial charge on any atom is -0.399 e. The molecule has 2 aromatic carbocycles. The van der Waals surface area contributed by atoms with Crippen LogP contribution in [0.2, 0.25) is 10.0 Å². The maximum atomic E-state index is 6.42. The standard InChI is InChI=1S/C22H25BCl2N2O2/c1-13-9-16(23-28-21(3,4)22(5,6)29-23)10-19-20(13)26-14(2)27(19)12-15-7-8-17(24)11-18(15)25/h7-11H,12H2,1-6H3. The van der Waals surface area contributed by atoms with Crippen LogP contribution >= 0.6 is 23.2 Å². The van der Waals surface area contributed by atoms with E-state index in [0.29, 0.717) is 16.6 Å². The zero-order chi connectivity index (χ0) is 21.1. The lowest BCUT2D eigenvalue weighted by atomic mass is 9.78. The second-order valence-electron chi connectivity index (χ2n) is 8.77. The van der Waals surface area contributed by atoms with Gasteiger partial charge in [0.05, 0.1) is 28.8 Å². The molecule has 1 aliphatic heterocycles. The van der Waals surface area contributed by atoms with Crippen molar-refractivity contribution in [2.45, 2.75) is 59.3 Å². The van der Waals surface area contributed by atoms with E-state index < -0.39 is 7.12 Å². The summed E-state index contributed by atoms with van der Waals surface area (Å²) in [6, 6.07) is 9.82. The predicted octanol–water partition coefficient (Wildman–Crippen LogP) is 5.31. The molecule has 0 unspecified atom stereocenters. The monoisotopic (exact) mass is 430 g/mol. The van der Waals surface area contributed by atoms with Crippen molar-refractivity contribution in [3.8, 4) is 0 Å². The average Bonchev–Trinajstić information content (AvgIpc) is 3.03. The molecule has 7 heteroatoms. The molecule has 0 aliphatic carbocycles. The summed E-state index contributed by atoms with van der Waals surface area (Å²) in [5.74, 6) is 0.931. The Balaban J connectivity index is 1.78. The molecule has 3 aromatic rings. The van der Waals surface area contributed by atoms with Crippen molar-refractivity contribution < 1.29 is 9.31 Å². The van der Waals surface area contributed by atoms with Crippen LogP contribution in [0.25, 0.3) is 11.0 Å². The molecule has 1 fully saturated rings. The van der Waals surface area contributed by atoms with Crippen molar-refractivity contribution in [3.63, 3.8) is 0 Å². The third kappa shape index (κ3) is 3.59. The number of fused-ring (bicyclic) bond motifs is 1. The van der Waals surface area contributed by atoms with Gasteiger partial charge in [0.1, 0.15) is 5.82 Å². The highest BCUT2D eigenvalue weighted by atomic mass is 35.5. The molecule has 0 saturated carbocycles. The van der Waals surface area contributed by atoms with Gasteiger partial charge in [0.25, 0.3) is 0 Å². The number of nitrogens with zero attached hydrogens (tertiary/aromatic N) is 2. The van der Waals surface area contributed by atoms with Gasteiger partial charge in [-0.15, -0.1) is 0 Å². The van der Waals surface area contributed by atoms with Gasteiger partial charge in [-0.25, -0.2) is 4.98 Å². The SMILES string of the molecule is Cc1cc(B2OC(C)(C)C(C)(C)O2)cc2c1nc(C)n2Cc1ccc(Cl)cc1Cl. The Kier molecular flexibility index (Phi) is 5.02. The molecule has 4 rings (SSSR count). The fourth-order valence-corrected chi connectivity index (χ4v) is 4.14. The zero-order valence-corrected chi connectivity index (χ0v) is 19.1. The number of hydrogen-bond donors (Lipinski definition) is 0. The van der Waals surface area contributed by atoms with Crippen LogP contribution in [-0.2, 0) is 15.9 Å². The number of benzene rings is 2. The molecule has 29 heavy (non-hydrogen) atoms. The molecular weight excluding hydrogens is 406 g/mol. The summed E-state index contributed by atoms with van der Waals surface area (Å²) in [4.78, 5) is 4.79. The van der Waals surface area contributed by atoms with Gasteiger partial charge >= 0.3 is 7.12 Å². The second kappa shape index (κ2) is 7.02. The molecule has 1 aromatic heterocycles. The Morgan fingerprint density at radius 1 is 1.00 bits per heavy atom. The van der Waals surface area contributed by atoms with E-state index in [0.717, 1.165) is 33.4 Å². The van der Waals surface area contributed by atoms with Gasteiger partial charge in [0.15, 0.2) is 0 Å². The highest BCUT2D eigenvalue weighted by Crippen LogP contribution is 2.37. The first-order valence-corrected chi connectivity index (χ1v) is 10.5. The Morgan fingerprint density at radius 2 is 1.66 bits per heavy atom. The van der Waals surface area contributed by atoms with Crippen molar-refractivity contribution in [1.82, 2.24) is 9.55 Å². The van der Waals surface area contributed by atoms with E-state index in [4.69, 9.17) is 37.5 Å². The summed E-state index contributed by atoms with van der Waals surface area (Å²) in [5.41, 5.74) is 4.35. The summed E-state index contributed by atoms with van der Waals surface area (Å²) in [6.07, 6.45) is 0. The number of hydrogen-bond acceptors (Lipinski definition) is 3. The van der Waals surface area contributed by atoms with Crippen LogP contribution in [0.4, 0.5) is 0 Å². The van der Waals surface area contributed by atoms with E-state index in [-0.39, 0.29) is 11.2 Å². The first-order valence-electron chi connectivity index (χ1n) is 9.75. The fraction of sp³-hybridized carbons (Fsp3) is 0.409. The number of aromatic nitrogens is 2. The van der Waals surface area contributed by atoms with E-state index in [9.17, 15) is 0 Å². The van der Waals surface area contributed by atoms with E-state index in [2.05, 4.69) is 51.3 Å². The van der Waals surface area contributed by atoms with Crippen molar-refractivity contribution in [2.24, 2.45) is 0 Å². The largest absolute Gasteiger partial charge is 0.494 e. The Morgan fingerprint density at radius 3 is 2.28 bits per heavy atom. The Labute approximate surface area is 182 Å². The number of aryl methyl sites for hydroxylation is 2. The van der Waals surface area contributed by atoms with Crippen molar-refractivity contribution in [2.75, 3.05) is 0 Å². The molecule has 0 atom stereocenters. The molecule has 1 aliphatic rings. The van der Waals surface area contributed by atoms with E-state index in [1.54, 1.807) is 6.07 Å². The van der Waals surface area contributed by atoms with Crippen LogP contribution in [0.1, 0.15) is 44.6 Å². The van der Waals surface area contributed by atoms with Crippen LogP contribution in [0, 0.1) is 13.8 Å². The molecule has 2 heterocycles. The van der Waals surface area contributed by atoms with Crippen LogP contribution in [0.3, 0.4) is 0 Å². The van der Waals surface area contributed by atoms with Gasteiger partial charge in [-0.2, -0.15) is 0 Å². The number of halogens is 2. The van der Waals surface area contributed by atoms with Gasteiger partial charge in [-0.05, 0) is 76.3 Å². The lowest BCUT2D eigenvalue weighted by molar-refractivity contribution is 0.00578.